The van der Waals surface area contributed by atoms with Gasteiger partial charge in [-0.25, -0.2) is 0 Å². The van der Waals surface area contributed by atoms with Gasteiger partial charge in [0.05, 0.1) is 0 Å². The Labute approximate surface area is 132 Å². The highest BCUT2D eigenvalue weighted by molar-refractivity contribution is 4.96. The summed E-state index contributed by atoms with van der Waals surface area (Å²) >= 11 is 0. The van der Waals surface area contributed by atoms with E-state index in [1.807, 2.05) is 0 Å². The average molecular weight is 293 g/mol. The molecular formula is C19H36N2. The van der Waals surface area contributed by atoms with E-state index in [0.29, 0.717) is 0 Å². The molecule has 2 aliphatic heterocycles. The van der Waals surface area contributed by atoms with Gasteiger partial charge in [-0.3, -0.25) is 9.80 Å². The second-order valence-electron chi connectivity index (χ2n) is 8.16. The second kappa shape index (κ2) is 7.00. The zero-order chi connectivity index (χ0) is 14.8. The summed E-state index contributed by atoms with van der Waals surface area (Å²) in [5.74, 6) is 1.81. The van der Waals surface area contributed by atoms with Gasteiger partial charge in [0.1, 0.15) is 0 Å². The summed E-state index contributed by atoms with van der Waals surface area (Å²) < 4.78 is 0. The summed E-state index contributed by atoms with van der Waals surface area (Å²) in [6, 6.07) is 2.58. The van der Waals surface area contributed by atoms with Crippen molar-refractivity contribution in [2.75, 3.05) is 19.6 Å². The standard InChI is InChI=1S/C19H36N2/c1-4-16-13-20-12-8-7-9-17(20)14-21(16)19-11-6-5-10-18(19)15(2)3/h15-19H,4-14H2,1-3H3. The number of hydrogen-bond donors (Lipinski definition) is 0. The maximum absolute atomic E-state index is 2.98. The summed E-state index contributed by atoms with van der Waals surface area (Å²) in [7, 11) is 0. The molecule has 3 rings (SSSR count). The first-order valence-corrected chi connectivity index (χ1v) is 9.70. The first-order chi connectivity index (χ1) is 10.2. The normalized spacial score (nSPS) is 39.4. The van der Waals surface area contributed by atoms with Gasteiger partial charge in [0.15, 0.2) is 0 Å². The molecule has 0 radical (unpaired) electrons. The van der Waals surface area contributed by atoms with E-state index in [2.05, 4.69) is 30.6 Å². The fraction of sp³-hybridized carbons (Fsp3) is 1.00. The van der Waals surface area contributed by atoms with Crippen molar-refractivity contribution >= 4 is 0 Å². The van der Waals surface area contributed by atoms with Crippen LogP contribution in [0.3, 0.4) is 0 Å². The minimum atomic E-state index is 0.823. The van der Waals surface area contributed by atoms with Crippen LogP contribution in [0.4, 0.5) is 0 Å². The van der Waals surface area contributed by atoms with Crippen molar-refractivity contribution in [2.45, 2.75) is 90.3 Å². The fourth-order valence-corrected chi connectivity index (χ4v) is 5.37. The lowest BCUT2D eigenvalue weighted by molar-refractivity contribution is -0.0448. The third-order valence-corrected chi connectivity index (χ3v) is 6.62. The van der Waals surface area contributed by atoms with E-state index in [1.165, 1.54) is 71.0 Å². The molecule has 0 N–H and O–H groups in total. The Morgan fingerprint density at radius 3 is 2.48 bits per heavy atom. The lowest BCUT2D eigenvalue weighted by atomic mass is 9.76. The van der Waals surface area contributed by atoms with Crippen molar-refractivity contribution in [1.82, 2.24) is 9.80 Å². The number of hydrogen-bond acceptors (Lipinski definition) is 2. The maximum atomic E-state index is 2.98. The van der Waals surface area contributed by atoms with Gasteiger partial charge in [0, 0.05) is 31.2 Å². The molecule has 2 saturated heterocycles. The van der Waals surface area contributed by atoms with Gasteiger partial charge in [-0.1, -0.05) is 40.0 Å². The quantitative estimate of drug-likeness (QED) is 0.771. The molecule has 0 aromatic heterocycles. The Morgan fingerprint density at radius 1 is 0.952 bits per heavy atom. The van der Waals surface area contributed by atoms with Crippen LogP contribution >= 0.6 is 0 Å². The lowest BCUT2D eigenvalue weighted by Gasteiger charge is -2.53. The van der Waals surface area contributed by atoms with E-state index in [-0.39, 0.29) is 0 Å². The van der Waals surface area contributed by atoms with Gasteiger partial charge in [-0.05, 0) is 50.5 Å². The van der Waals surface area contributed by atoms with Crippen molar-refractivity contribution in [3.05, 3.63) is 0 Å². The van der Waals surface area contributed by atoms with Crippen LogP contribution in [0.15, 0.2) is 0 Å². The Morgan fingerprint density at radius 2 is 1.71 bits per heavy atom. The largest absolute Gasteiger partial charge is 0.298 e. The number of rotatable bonds is 3. The molecule has 1 aliphatic carbocycles. The van der Waals surface area contributed by atoms with E-state index in [4.69, 9.17) is 0 Å². The minimum absolute atomic E-state index is 0.823. The SMILES string of the molecule is CCC1CN2CCCCC2CN1C1CCCCC1C(C)C. The molecule has 1 saturated carbocycles. The number of piperazine rings is 1. The average Bonchev–Trinajstić information content (AvgIpc) is 2.53. The van der Waals surface area contributed by atoms with Crippen LogP contribution in [0.2, 0.25) is 0 Å². The first kappa shape index (κ1) is 15.8. The van der Waals surface area contributed by atoms with Crippen LogP contribution in [-0.2, 0) is 0 Å². The monoisotopic (exact) mass is 292 g/mol. The maximum Gasteiger partial charge on any atom is 0.0224 e. The molecular weight excluding hydrogens is 256 g/mol. The molecule has 2 nitrogen and oxygen atoms in total. The summed E-state index contributed by atoms with van der Waals surface area (Å²) in [4.78, 5) is 5.80. The second-order valence-corrected chi connectivity index (χ2v) is 8.16. The van der Waals surface area contributed by atoms with E-state index < -0.39 is 0 Å². The molecule has 4 unspecified atom stereocenters. The minimum Gasteiger partial charge on any atom is -0.298 e. The molecule has 2 heterocycles. The smallest absolute Gasteiger partial charge is 0.0224 e. The predicted octanol–water partition coefficient (Wildman–Crippen LogP) is 4.15. The van der Waals surface area contributed by atoms with Crippen LogP contribution in [0.5, 0.6) is 0 Å². The van der Waals surface area contributed by atoms with E-state index in [0.717, 1.165) is 30.0 Å². The highest BCUT2D eigenvalue weighted by atomic mass is 15.3. The van der Waals surface area contributed by atoms with Crippen molar-refractivity contribution in [1.29, 1.82) is 0 Å². The number of piperidine rings is 1. The molecule has 2 heteroatoms. The van der Waals surface area contributed by atoms with Gasteiger partial charge < -0.3 is 0 Å². The van der Waals surface area contributed by atoms with E-state index in [1.54, 1.807) is 0 Å². The van der Waals surface area contributed by atoms with E-state index >= 15 is 0 Å². The summed E-state index contributed by atoms with van der Waals surface area (Å²) in [5, 5.41) is 0. The number of fused-ring (bicyclic) bond motifs is 1. The Hall–Kier alpha value is -0.0800. The van der Waals surface area contributed by atoms with Crippen LogP contribution in [-0.4, -0.2) is 47.6 Å². The molecule has 0 aromatic rings. The Bertz CT molecular complexity index is 328. The Balaban J connectivity index is 1.74. The van der Waals surface area contributed by atoms with Crippen molar-refractivity contribution in [3.63, 3.8) is 0 Å². The third-order valence-electron chi connectivity index (χ3n) is 6.62. The molecule has 122 valence electrons. The van der Waals surface area contributed by atoms with Crippen LogP contribution in [0.25, 0.3) is 0 Å². The topological polar surface area (TPSA) is 6.48 Å². The molecule has 3 aliphatic rings. The van der Waals surface area contributed by atoms with Gasteiger partial charge in [0.25, 0.3) is 0 Å². The lowest BCUT2D eigenvalue weighted by Crippen LogP contribution is -2.63. The Kier molecular flexibility index (Phi) is 5.27. The molecule has 3 fully saturated rings. The first-order valence-electron chi connectivity index (χ1n) is 9.70. The number of nitrogens with zero attached hydrogens (tertiary/aromatic N) is 2. The van der Waals surface area contributed by atoms with Crippen molar-refractivity contribution < 1.29 is 0 Å². The molecule has 4 atom stereocenters. The van der Waals surface area contributed by atoms with Crippen LogP contribution in [0, 0.1) is 11.8 Å². The summed E-state index contributed by atoms with van der Waals surface area (Å²) in [6.45, 7) is 11.4. The van der Waals surface area contributed by atoms with Crippen LogP contribution in [0.1, 0.15) is 72.1 Å². The highest BCUT2D eigenvalue weighted by Gasteiger charge is 2.40. The summed E-state index contributed by atoms with van der Waals surface area (Å²) in [5.41, 5.74) is 0. The zero-order valence-corrected chi connectivity index (χ0v) is 14.6. The van der Waals surface area contributed by atoms with Crippen LogP contribution < -0.4 is 0 Å². The third kappa shape index (κ3) is 3.32. The van der Waals surface area contributed by atoms with E-state index in [9.17, 15) is 0 Å². The molecule has 21 heavy (non-hydrogen) atoms. The highest BCUT2D eigenvalue weighted by Crippen LogP contribution is 2.37. The fourth-order valence-electron chi connectivity index (χ4n) is 5.37. The van der Waals surface area contributed by atoms with Crippen molar-refractivity contribution in [3.8, 4) is 0 Å². The van der Waals surface area contributed by atoms with Gasteiger partial charge in [-0.2, -0.15) is 0 Å². The molecule has 0 aromatic carbocycles. The molecule has 0 bridgehead atoms. The zero-order valence-electron chi connectivity index (χ0n) is 14.6. The predicted molar refractivity (Wildman–Crippen MR) is 90.6 cm³/mol. The van der Waals surface area contributed by atoms with Gasteiger partial charge in [0.2, 0.25) is 0 Å². The molecule has 0 amide bonds. The summed E-state index contributed by atoms with van der Waals surface area (Å²) in [6.07, 6.45) is 11.6. The molecule has 0 spiro atoms. The van der Waals surface area contributed by atoms with Gasteiger partial charge in [-0.15, -0.1) is 0 Å². The van der Waals surface area contributed by atoms with Crippen molar-refractivity contribution in [2.24, 2.45) is 11.8 Å². The van der Waals surface area contributed by atoms with Gasteiger partial charge >= 0.3 is 0 Å².